The van der Waals surface area contributed by atoms with E-state index in [9.17, 15) is 0 Å². The first-order valence-corrected chi connectivity index (χ1v) is 6.45. The number of anilines is 1. The lowest BCUT2D eigenvalue weighted by Gasteiger charge is -2.25. The molecule has 4 nitrogen and oxygen atoms in total. The molecular formula is C12H18ClN3O. The largest absolute Gasteiger partial charge is 0.480 e. The van der Waals surface area contributed by atoms with Crippen molar-refractivity contribution in [3.63, 3.8) is 0 Å². The number of alkyl halides is 1. The van der Waals surface area contributed by atoms with Gasteiger partial charge in [-0.2, -0.15) is 4.98 Å². The monoisotopic (exact) mass is 255 g/mol. The average molecular weight is 256 g/mol. The minimum Gasteiger partial charge on any atom is -0.480 e. The smallest absolute Gasteiger partial charge is 0.233 e. The Hall–Kier alpha value is -1.03. The molecule has 94 valence electrons. The standard InChI is InChI=1S/C12H18ClN3O/c1-17-12-8-14-7-11(16-12)15-6-9-2-4-10(13)5-3-9/h7-10H,2-6H2,1H3,(H,15,16). The zero-order chi connectivity index (χ0) is 12.1. The van der Waals surface area contributed by atoms with Gasteiger partial charge in [-0.25, -0.2) is 0 Å². The Labute approximate surface area is 107 Å². The van der Waals surface area contributed by atoms with Gasteiger partial charge in [0.2, 0.25) is 5.88 Å². The molecule has 1 aliphatic rings. The van der Waals surface area contributed by atoms with Crippen LogP contribution in [0.4, 0.5) is 5.82 Å². The molecule has 1 saturated carbocycles. The van der Waals surface area contributed by atoms with Gasteiger partial charge in [-0.15, -0.1) is 11.6 Å². The SMILES string of the molecule is COc1cncc(NCC2CCC(Cl)CC2)n1. The molecule has 0 amide bonds. The van der Waals surface area contributed by atoms with Gasteiger partial charge in [-0.1, -0.05) is 0 Å². The van der Waals surface area contributed by atoms with Crippen LogP contribution < -0.4 is 10.1 Å². The second-order valence-corrected chi connectivity index (χ2v) is 5.06. The summed E-state index contributed by atoms with van der Waals surface area (Å²) >= 11 is 6.08. The molecule has 0 spiro atoms. The van der Waals surface area contributed by atoms with Crippen LogP contribution in [0.1, 0.15) is 25.7 Å². The molecule has 1 fully saturated rings. The third-order valence-corrected chi connectivity index (χ3v) is 3.61. The van der Waals surface area contributed by atoms with Crippen molar-refractivity contribution in [1.29, 1.82) is 0 Å². The van der Waals surface area contributed by atoms with Crippen LogP contribution in [-0.4, -0.2) is 29.0 Å². The fourth-order valence-corrected chi connectivity index (χ4v) is 2.36. The van der Waals surface area contributed by atoms with Crippen molar-refractivity contribution in [3.05, 3.63) is 12.4 Å². The van der Waals surface area contributed by atoms with Gasteiger partial charge in [-0.3, -0.25) is 4.98 Å². The number of hydrogen-bond acceptors (Lipinski definition) is 4. The molecule has 1 heterocycles. The van der Waals surface area contributed by atoms with Gasteiger partial charge in [0.1, 0.15) is 5.82 Å². The van der Waals surface area contributed by atoms with E-state index in [0.29, 0.717) is 17.2 Å². The van der Waals surface area contributed by atoms with Crippen LogP contribution in [0.25, 0.3) is 0 Å². The molecule has 0 bridgehead atoms. The molecule has 2 rings (SSSR count). The number of nitrogens with zero attached hydrogens (tertiary/aromatic N) is 2. The van der Waals surface area contributed by atoms with E-state index in [1.54, 1.807) is 19.5 Å². The van der Waals surface area contributed by atoms with E-state index >= 15 is 0 Å². The van der Waals surface area contributed by atoms with E-state index in [1.807, 2.05) is 0 Å². The van der Waals surface area contributed by atoms with Crippen LogP contribution in [-0.2, 0) is 0 Å². The zero-order valence-electron chi connectivity index (χ0n) is 10.0. The lowest BCUT2D eigenvalue weighted by Crippen LogP contribution is -2.21. The summed E-state index contributed by atoms with van der Waals surface area (Å²) in [6, 6.07) is 0. The first-order chi connectivity index (χ1) is 8.28. The van der Waals surface area contributed by atoms with Crippen molar-refractivity contribution < 1.29 is 4.74 Å². The van der Waals surface area contributed by atoms with Gasteiger partial charge in [-0.05, 0) is 31.6 Å². The number of aromatic nitrogens is 2. The van der Waals surface area contributed by atoms with Crippen molar-refractivity contribution in [2.24, 2.45) is 5.92 Å². The molecule has 0 unspecified atom stereocenters. The summed E-state index contributed by atoms with van der Waals surface area (Å²) in [6.45, 7) is 0.936. The summed E-state index contributed by atoms with van der Waals surface area (Å²) in [5, 5.41) is 3.68. The van der Waals surface area contributed by atoms with Gasteiger partial charge in [0.05, 0.1) is 19.5 Å². The summed E-state index contributed by atoms with van der Waals surface area (Å²) in [5.74, 6) is 2.01. The number of methoxy groups -OCH3 is 1. The van der Waals surface area contributed by atoms with E-state index in [2.05, 4.69) is 15.3 Å². The minimum atomic E-state index is 0.378. The molecule has 1 aromatic rings. The maximum absolute atomic E-state index is 6.08. The highest BCUT2D eigenvalue weighted by Crippen LogP contribution is 2.27. The highest BCUT2D eigenvalue weighted by atomic mass is 35.5. The number of hydrogen-bond donors (Lipinski definition) is 1. The topological polar surface area (TPSA) is 47.0 Å². The Morgan fingerprint density at radius 1 is 1.35 bits per heavy atom. The first kappa shape index (κ1) is 12.4. The van der Waals surface area contributed by atoms with Gasteiger partial charge >= 0.3 is 0 Å². The highest BCUT2D eigenvalue weighted by Gasteiger charge is 2.19. The molecule has 1 aromatic heterocycles. The van der Waals surface area contributed by atoms with Crippen LogP contribution in [0.5, 0.6) is 5.88 Å². The van der Waals surface area contributed by atoms with Crippen molar-refractivity contribution in [2.75, 3.05) is 19.0 Å². The van der Waals surface area contributed by atoms with Crippen LogP contribution in [0.2, 0.25) is 0 Å². The summed E-state index contributed by atoms with van der Waals surface area (Å²) in [5.41, 5.74) is 0. The Balaban J connectivity index is 1.81. The number of halogens is 1. The highest BCUT2D eigenvalue weighted by molar-refractivity contribution is 6.20. The molecule has 0 radical (unpaired) electrons. The lowest BCUT2D eigenvalue weighted by molar-refractivity contribution is 0.376. The number of rotatable bonds is 4. The van der Waals surface area contributed by atoms with Crippen LogP contribution in [0.15, 0.2) is 12.4 Å². The fraction of sp³-hybridized carbons (Fsp3) is 0.667. The maximum Gasteiger partial charge on any atom is 0.233 e. The molecule has 0 saturated heterocycles. The molecule has 0 atom stereocenters. The van der Waals surface area contributed by atoms with Crippen molar-refractivity contribution in [1.82, 2.24) is 9.97 Å². The third kappa shape index (κ3) is 3.73. The zero-order valence-corrected chi connectivity index (χ0v) is 10.8. The first-order valence-electron chi connectivity index (χ1n) is 6.02. The Morgan fingerprint density at radius 2 is 2.12 bits per heavy atom. The van der Waals surface area contributed by atoms with Crippen molar-refractivity contribution in [2.45, 2.75) is 31.1 Å². The lowest BCUT2D eigenvalue weighted by atomic mass is 9.89. The Kier molecular flexibility index (Phi) is 4.42. The van der Waals surface area contributed by atoms with Crippen LogP contribution in [0.3, 0.4) is 0 Å². The second kappa shape index (κ2) is 6.05. The maximum atomic E-state index is 6.08. The van der Waals surface area contributed by atoms with Gasteiger partial charge < -0.3 is 10.1 Å². The average Bonchev–Trinajstić information content (AvgIpc) is 2.38. The predicted molar refractivity (Wildman–Crippen MR) is 68.7 cm³/mol. The van der Waals surface area contributed by atoms with E-state index in [4.69, 9.17) is 16.3 Å². The Morgan fingerprint density at radius 3 is 2.82 bits per heavy atom. The van der Waals surface area contributed by atoms with Crippen molar-refractivity contribution >= 4 is 17.4 Å². The van der Waals surface area contributed by atoms with E-state index in [0.717, 1.165) is 25.2 Å². The normalized spacial score (nSPS) is 24.4. The second-order valence-electron chi connectivity index (χ2n) is 4.45. The minimum absolute atomic E-state index is 0.378. The molecular weight excluding hydrogens is 238 g/mol. The van der Waals surface area contributed by atoms with E-state index < -0.39 is 0 Å². The quantitative estimate of drug-likeness (QED) is 0.841. The molecule has 1 N–H and O–H groups in total. The van der Waals surface area contributed by atoms with Gasteiger partial charge in [0, 0.05) is 11.9 Å². The summed E-state index contributed by atoms with van der Waals surface area (Å²) in [4.78, 5) is 8.33. The van der Waals surface area contributed by atoms with Gasteiger partial charge in [0.15, 0.2) is 0 Å². The fourth-order valence-electron chi connectivity index (χ4n) is 2.11. The van der Waals surface area contributed by atoms with Crippen LogP contribution in [0, 0.1) is 5.92 Å². The van der Waals surface area contributed by atoms with Crippen molar-refractivity contribution in [3.8, 4) is 5.88 Å². The predicted octanol–water partition coefficient (Wildman–Crippen LogP) is 2.69. The molecule has 0 aliphatic heterocycles. The Bertz CT molecular complexity index is 353. The summed E-state index contributed by atoms with van der Waals surface area (Å²) < 4.78 is 5.03. The number of ether oxygens (including phenoxy) is 1. The van der Waals surface area contributed by atoms with Crippen LogP contribution >= 0.6 is 11.6 Å². The van der Waals surface area contributed by atoms with Gasteiger partial charge in [0.25, 0.3) is 0 Å². The third-order valence-electron chi connectivity index (χ3n) is 3.17. The molecule has 5 heteroatoms. The number of nitrogens with one attached hydrogen (secondary N) is 1. The molecule has 0 aromatic carbocycles. The summed E-state index contributed by atoms with van der Waals surface area (Å²) in [7, 11) is 1.59. The van der Waals surface area contributed by atoms with E-state index in [-0.39, 0.29) is 0 Å². The summed E-state index contributed by atoms with van der Waals surface area (Å²) in [6.07, 6.45) is 7.95. The molecule has 17 heavy (non-hydrogen) atoms. The molecule has 1 aliphatic carbocycles. The van der Waals surface area contributed by atoms with E-state index in [1.165, 1.54) is 12.8 Å².